The van der Waals surface area contributed by atoms with E-state index in [1.807, 2.05) is 0 Å². The summed E-state index contributed by atoms with van der Waals surface area (Å²) in [6.45, 7) is 0. The highest BCUT2D eigenvalue weighted by atomic mass is 35.7. The van der Waals surface area contributed by atoms with E-state index in [1.165, 1.54) is 0 Å². The summed E-state index contributed by atoms with van der Waals surface area (Å²) in [6.07, 6.45) is -10.7. The van der Waals surface area contributed by atoms with Crippen molar-refractivity contribution in [2.45, 2.75) is 17.2 Å². The van der Waals surface area contributed by atoms with Gasteiger partial charge in [0.05, 0.1) is 4.90 Å². The molecule has 0 amide bonds. The highest BCUT2D eigenvalue weighted by molar-refractivity contribution is 8.13. The van der Waals surface area contributed by atoms with Crippen molar-refractivity contribution in [3.05, 3.63) is 23.5 Å². The number of aromatic nitrogens is 1. The number of nitrogens with zero attached hydrogens (tertiary/aromatic N) is 1. The fourth-order valence-electron chi connectivity index (χ4n) is 1.14. The summed E-state index contributed by atoms with van der Waals surface area (Å²) >= 11 is 0. The van der Waals surface area contributed by atoms with Crippen molar-refractivity contribution < 1.29 is 34.8 Å². The Morgan fingerprint density at radius 1 is 1.06 bits per heavy atom. The fourth-order valence-corrected chi connectivity index (χ4v) is 2.20. The summed E-state index contributed by atoms with van der Waals surface area (Å²) in [5.41, 5.74) is -4.77. The first kappa shape index (κ1) is 15.0. The Labute approximate surface area is 101 Å². The monoisotopic (exact) mass is 313 g/mol. The normalized spacial score (nSPS) is 13.7. The molecule has 0 saturated heterocycles. The molecular formula is C7H2ClF6NO2S. The van der Waals surface area contributed by atoms with Gasteiger partial charge in [0.25, 0.3) is 9.05 Å². The van der Waals surface area contributed by atoms with Crippen LogP contribution in [0.25, 0.3) is 0 Å². The number of hydrogen-bond acceptors (Lipinski definition) is 3. The molecule has 3 nitrogen and oxygen atoms in total. The molecule has 1 rings (SSSR count). The first-order chi connectivity index (χ1) is 7.85. The quantitative estimate of drug-likeness (QED) is 0.591. The molecule has 11 heteroatoms. The second kappa shape index (κ2) is 4.26. The molecule has 0 aliphatic heterocycles. The summed E-state index contributed by atoms with van der Waals surface area (Å²) in [7, 11) is -0.318. The molecule has 0 aliphatic rings. The average molecular weight is 314 g/mol. The maximum absolute atomic E-state index is 12.5. The van der Waals surface area contributed by atoms with Crippen LogP contribution in [-0.4, -0.2) is 13.4 Å². The summed E-state index contributed by atoms with van der Waals surface area (Å²) < 4.78 is 96.3. The molecule has 0 N–H and O–H groups in total. The lowest BCUT2D eigenvalue weighted by Crippen LogP contribution is -2.21. The van der Waals surface area contributed by atoms with E-state index in [4.69, 9.17) is 0 Å². The zero-order valence-corrected chi connectivity index (χ0v) is 9.54. The van der Waals surface area contributed by atoms with Crippen molar-refractivity contribution in [3.8, 4) is 0 Å². The highest BCUT2D eigenvalue weighted by Crippen LogP contribution is 2.42. The maximum Gasteiger partial charge on any atom is 0.433 e. The van der Waals surface area contributed by atoms with Gasteiger partial charge in [-0.2, -0.15) is 26.3 Å². The van der Waals surface area contributed by atoms with Crippen LogP contribution in [0.4, 0.5) is 26.3 Å². The van der Waals surface area contributed by atoms with E-state index >= 15 is 0 Å². The lowest BCUT2D eigenvalue weighted by atomic mass is 10.2. The number of hydrogen-bond donors (Lipinski definition) is 0. The molecule has 1 heterocycles. The Morgan fingerprint density at radius 3 is 1.89 bits per heavy atom. The van der Waals surface area contributed by atoms with E-state index in [0.29, 0.717) is 0 Å². The second-order valence-corrected chi connectivity index (χ2v) is 5.50. The van der Waals surface area contributed by atoms with E-state index < -0.39 is 37.6 Å². The zero-order chi connectivity index (χ0) is 14.4. The predicted octanol–water partition coefficient (Wildman–Crippen LogP) is 3.05. The Bertz CT molecular complexity index is 564. The Kier molecular flexibility index (Phi) is 3.56. The van der Waals surface area contributed by atoms with E-state index in [9.17, 15) is 34.8 Å². The molecule has 1 aromatic heterocycles. The molecule has 102 valence electrons. The minimum absolute atomic E-state index is 0.250. The Hall–Kier alpha value is -1.03. The van der Waals surface area contributed by atoms with Crippen LogP contribution in [0.5, 0.6) is 0 Å². The van der Waals surface area contributed by atoms with E-state index in [2.05, 4.69) is 15.7 Å². The molecule has 0 aliphatic carbocycles. The van der Waals surface area contributed by atoms with Gasteiger partial charge in [-0.25, -0.2) is 8.42 Å². The molecule has 0 saturated carbocycles. The number of rotatable bonds is 1. The largest absolute Gasteiger partial charge is 0.433 e. The molecule has 0 aromatic carbocycles. The SMILES string of the molecule is O=S(=O)(Cl)c1ccnc(C(F)(F)F)c1C(F)(F)F. The van der Waals surface area contributed by atoms with Crippen LogP contribution in [-0.2, 0) is 21.4 Å². The number of halogens is 7. The third-order valence-corrected chi connectivity index (χ3v) is 3.09. The van der Waals surface area contributed by atoms with Crippen LogP contribution >= 0.6 is 10.7 Å². The standard InChI is InChI=1S/C7H2ClF6NO2S/c8-18(16,17)3-1-2-15-5(7(12,13)14)4(3)6(9,10)11/h1-2H. The molecule has 0 radical (unpaired) electrons. The third kappa shape index (κ3) is 3.05. The Morgan fingerprint density at radius 2 is 1.56 bits per heavy atom. The first-order valence-corrected chi connectivity index (χ1v) is 6.24. The van der Waals surface area contributed by atoms with E-state index in [0.717, 1.165) is 0 Å². The highest BCUT2D eigenvalue weighted by Gasteiger charge is 2.48. The van der Waals surface area contributed by atoms with Crippen molar-refractivity contribution in [2.24, 2.45) is 0 Å². The van der Waals surface area contributed by atoms with Crippen LogP contribution in [0.1, 0.15) is 11.3 Å². The van der Waals surface area contributed by atoms with Crippen molar-refractivity contribution in [3.63, 3.8) is 0 Å². The maximum atomic E-state index is 12.5. The van der Waals surface area contributed by atoms with Gasteiger partial charge in [0, 0.05) is 16.9 Å². The van der Waals surface area contributed by atoms with Crippen LogP contribution in [0.15, 0.2) is 17.2 Å². The van der Waals surface area contributed by atoms with Gasteiger partial charge < -0.3 is 0 Å². The predicted molar refractivity (Wildman–Crippen MR) is 47.3 cm³/mol. The van der Waals surface area contributed by atoms with Crippen LogP contribution < -0.4 is 0 Å². The van der Waals surface area contributed by atoms with Gasteiger partial charge >= 0.3 is 12.4 Å². The zero-order valence-electron chi connectivity index (χ0n) is 7.97. The summed E-state index contributed by atoms with van der Waals surface area (Å²) in [6, 6.07) is 0.250. The lowest BCUT2D eigenvalue weighted by Gasteiger charge is -2.16. The summed E-state index contributed by atoms with van der Waals surface area (Å²) in [5, 5.41) is 0. The number of alkyl halides is 6. The molecule has 1 aromatic rings. The first-order valence-electron chi connectivity index (χ1n) is 3.93. The fraction of sp³-hybridized carbons (Fsp3) is 0.286. The van der Waals surface area contributed by atoms with Gasteiger partial charge in [-0.1, -0.05) is 0 Å². The molecule has 0 atom stereocenters. The van der Waals surface area contributed by atoms with Crippen molar-refractivity contribution >= 4 is 19.7 Å². The molecule has 18 heavy (non-hydrogen) atoms. The molecule has 0 unspecified atom stereocenters. The second-order valence-electron chi connectivity index (χ2n) is 2.97. The van der Waals surface area contributed by atoms with Crippen LogP contribution in [0.3, 0.4) is 0 Å². The van der Waals surface area contributed by atoms with Crippen molar-refractivity contribution in [1.29, 1.82) is 0 Å². The van der Waals surface area contributed by atoms with Crippen molar-refractivity contribution in [1.82, 2.24) is 4.98 Å². The van der Waals surface area contributed by atoms with Crippen LogP contribution in [0.2, 0.25) is 0 Å². The molecule has 0 spiro atoms. The average Bonchev–Trinajstić information content (AvgIpc) is 2.12. The Balaban J connectivity index is 3.79. The topological polar surface area (TPSA) is 47.0 Å². The minimum Gasteiger partial charge on any atom is -0.251 e. The molecule has 0 fully saturated rings. The minimum atomic E-state index is -5.56. The third-order valence-electron chi connectivity index (χ3n) is 1.73. The van der Waals surface area contributed by atoms with Crippen LogP contribution in [0, 0.1) is 0 Å². The van der Waals surface area contributed by atoms with Crippen molar-refractivity contribution in [2.75, 3.05) is 0 Å². The van der Waals surface area contributed by atoms with Gasteiger partial charge in [-0.05, 0) is 6.07 Å². The van der Waals surface area contributed by atoms with Gasteiger partial charge in [0.15, 0.2) is 5.69 Å². The van der Waals surface area contributed by atoms with E-state index in [1.54, 1.807) is 0 Å². The van der Waals surface area contributed by atoms with Gasteiger partial charge in [0.1, 0.15) is 5.56 Å². The molecule has 0 bridgehead atoms. The van der Waals surface area contributed by atoms with Gasteiger partial charge in [-0.3, -0.25) is 4.98 Å². The van der Waals surface area contributed by atoms with Gasteiger partial charge in [0.2, 0.25) is 0 Å². The summed E-state index contributed by atoms with van der Waals surface area (Å²) in [4.78, 5) is 0.841. The van der Waals surface area contributed by atoms with Gasteiger partial charge in [-0.15, -0.1) is 0 Å². The summed E-state index contributed by atoms with van der Waals surface area (Å²) in [5.74, 6) is 0. The lowest BCUT2D eigenvalue weighted by molar-refractivity contribution is -0.166. The smallest absolute Gasteiger partial charge is 0.251 e. The molecular weight excluding hydrogens is 312 g/mol. The van der Waals surface area contributed by atoms with E-state index in [-0.39, 0.29) is 12.3 Å². The number of pyridine rings is 1.